The summed E-state index contributed by atoms with van der Waals surface area (Å²) in [5.74, 6) is 0.903. The predicted octanol–water partition coefficient (Wildman–Crippen LogP) is 2.10. The molecule has 5 heteroatoms. The van der Waals surface area contributed by atoms with E-state index in [1.54, 1.807) is 12.3 Å². The van der Waals surface area contributed by atoms with Crippen LogP contribution in [0.1, 0.15) is 18.4 Å². The van der Waals surface area contributed by atoms with E-state index in [1.807, 2.05) is 12.1 Å². The zero-order valence-corrected chi connectivity index (χ0v) is 12.8. The zero-order chi connectivity index (χ0) is 15.7. The summed E-state index contributed by atoms with van der Waals surface area (Å²) in [5.41, 5.74) is -0.121. The molecule has 2 aliphatic heterocycles. The van der Waals surface area contributed by atoms with Gasteiger partial charge in [0.25, 0.3) is 0 Å². The Labute approximate surface area is 130 Å². The van der Waals surface area contributed by atoms with Gasteiger partial charge in [0.2, 0.25) is 5.88 Å². The molecule has 0 bridgehead atoms. The van der Waals surface area contributed by atoms with Gasteiger partial charge in [-0.2, -0.15) is 0 Å². The Morgan fingerprint density at radius 3 is 2.86 bits per heavy atom. The highest BCUT2D eigenvalue weighted by Gasteiger charge is 2.49. The van der Waals surface area contributed by atoms with Crippen molar-refractivity contribution < 1.29 is 9.84 Å². The molecule has 0 radical (unpaired) electrons. The average Bonchev–Trinajstić information content (AvgIpc) is 2.55. The lowest BCUT2D eigenvalue weighted by atomic mass is 9.73. The first-order chi connectivity index (χ1) is 10.6. The minimum Gasteiger partial charge on any atom is -0.437 e. The van der Waals surface area contributed by atoms with Gasteiger partial charge in [0, 0.05) is 12.1 Å². The standard InChI is InChI=1S/C17H21N3O2/c1-4-14-15(18-2)17(21,12-7-10-20(3)11-8-12)13-6-5-9-19-16(13)22-14/h4-6,9,12,21H,1-2,7-8,10-11H2,3H3. The SMILES string of the molecule is C=CC1=C(N=C)C(O)(C2CCN(C)CC2)c2cccnc2O1. The third kappa shape index (κ3) is 2.17. The van der Waals surface area contributed by atoms with Gasteiger partial charge in [-0.25, -0.2) is 4.98 Å². The first-order valence-electron chi connectivity index (χ1n) is 7.49. The Kier molecular flexibility index (Phi) is 3.85. The van der Waals surface area contributed by atoms with Gasteiger partial charge in [-0.1, -0.05) is 6.58 Å². The van der Waals surface area contributed by atoms with Crippen LogP contribution in [0.25, 0.3) is 0 Å². The third-order valence-electron chi connectivity index (χ3n) is 4.64. The smallest absolute Gasteiger partial charge is 0.225 e. The van der Waals surface area contributed by atoms with Crippen molar-refractivity contribution >= 4 is 6.72 Å². The van der Waals surface area contributed by atoms with Crippen molar-refractivity contribution in [2.45, 2.75) is 18.4 Å². The number of piperidine rings is 1. The number of nitrogens with zero attached hydrogens (tertiary/aromatic N) is 3. The van der Waals surface area contributed by atoms with E-state index in [-0.39, 0.29) is 5.92 Å². The van der Waals surface area contributed by atoms with Crippen LogP contribution in [-0.4, -0.2) is 41.8 Å². The topological polar surface area (TPSA) is 58.0 Å². The number of aromatic nitrogens is 1. The van der Waals surface area contributed by atoms with Crippen LogP contribution in [0.15, 0.2) is 47.4 Å². The summed E-state index contributed by atoms with van der Waals surface area (Å²) in [4.78, 5) is 10.6. The van der Waals surface area contributed by atoms with Crippen molar-refractivity contribution in [2.75, 3.05) is 20.1 Å². The molecule has 0 spiro atoms. The largest absolute Gasteiger partial charge is 0.437 e. The molecular formula is C17H21N3O2. The molecule has 1 aromatic rings. The van der Waals surface area contributed by atoms with Crippen LogP contribution in [0.3, 0.4) is 0 Å². The molecule has 2 aliphatic rings. The number of allylic oxidation sites excluding steroid dienone is 1. The molecule has 0 aromatic carbocycles. The summed E-state index contributed by atoms with van der Waals surface area (Å²) in [7, 11) is 2.09. The molecule has 5 nitrogen and oxygen atoms in total. The number of hydrogen-bond acceptors (Lipinski definition) is 5. The van der Waals surface area contributed by atoms with E-state index >= 15 is 0 Å². The Hall–Kier alpha value is -1.98. The lowest BCUT2D eigenvalue weighted by molar-refractivity contribution is -0.0242. The number of rotatable bonds is 3. The monoisotopic (exact) mass is 299 g/mol. The van der Waals surface area contributed by atoms with Gasteiger partial charge in [-0.15, -0.1) is 0 Å². The van der Waals surface area contributed by atoms with Crippen molar-refractivity contribution in [1.29, 1.82) is 0 Å². The number of aliphatic hydroxyl groups is 1. The van der Waals surface area contributed by atoms with Crippen molar-refractivity contribution in [3.63, 3.8) is 0 Å². The van der Waals surface area contributed by atoms with E-state index < -0.39 is 5.60 Å². The van der Waals surface area contributed by atoms with Crippen LogP contribution in [0.4, 0.5) is 0 Å². The quantitative estimate of drug-likeness (QED) is 0.868. The Morgan fingerprint density at radius 2 is 2.23 bits per heavy atom. The number of hydrogen-bond donors (Lipinski definition) is 1. The van der Waals surface area contributed by atoms with E-state index in [0.29, 0.717) is 22.9 Å². The van der Waals surface area contributed by atoms with Crippen LogP contribution < -0.4 is 4.74 Å². The summed E-state index contributed by atoms with van der Waals surface area (Å²) in [6.45, 7) is 9.28. The number of fused-ring (bicyclic) bond motifs is 1. The van der Waals surface area contributed by atoms with Crippen LogP contribution in [0.5, 0.6) is 5.88 Å². The summed E-state index contributed by atoms with van der Waals surface area (Å²) < 4.78 is 5.74. The second-order valence-corrected chi connectivity index (χ2v) is 5.88. The fourth-order valence-electron chi connectivity index (χ4n) is 3.41. The first-order valence-corrected chi connectivity index (χ1v) is 7.49. The highest BCUT2D eigenvalue weighted by Crippen LogP contribution is 2.49. The van der Waals surface area contributed by atoms with E-state index in [2.05, 4.69) is 35.2 Å². The summed E-state index contributed by atoms with van der Waals surface area (Å²) in [5, 5.41) is 11.6. The van der Waals surface area contributed by atoms with E-state index in [9.17, 15) is 5.11 Å². The second kappa shape index (κ2) is 5.66. The van der Waals surface area contributed by atoms with Gasteiger partial charge in [0.15, 0.2) is 5.76 Å². The maximum atomic E-state index is 11.6. The molecule has 1 fully saturated rings. The summed E-state index contributed by atoms with van der Waals surface area (Å²) in [6, 6.07) is 3.66. The number of likely N-dealkylation sites (tertiary alicyclic amines) is 1. The maximum Gasteiger partial charge on any atom is 0.225 e. The molecule has 1 N–H and O–H groups in total. The summed E-state index contributed by atoms with van der Waals surface area (Å²) >= 11 is 0. The van der Waals surface area contributed by atoms with Crippen LogP contribution in [0.2, 0.25) is 0 Å². The molecule has 1 atom stereocenters. The van der Waals surface area contributed by atoms with Crippen molar-refractivity contribution in [3.8, 4) is 5.88 Å². The molecule has 1 aromatic heterocycles. The minimum absolute atomic E-state index is 0.0472. The molecule has 116 valence electrons. The van der Waals surface area contributed by atoms with Gasteiger partial charge in [-0.05, 0) is 57.9 Å². The molecule has 0 amide bonds. The van der Waals surface area contributed by atoms with Crippen LogP contribution in [-0.2, 0) is 5.60 Å². The Bertz CT molecular complexity index is 633. The Balaban J connectivity index is 2.14. The van der Waals surface area contributed by atoms with E-state index in [4.69, 9.17) is 4.74 Å². The zero-order valence-electron chi connectivity index (χ0n) is 12.8. The molecule has 0 saturated carbocycles. The van der Waals surface area contributed by atoms with Gasteiger partial charge in [0.1, 0.15) is 11.3 Å². The molecule has 1 unspecified atom stereocenters. The van der Waals surface area contributed by atoms with Gasteiger partial charge >= 0.3 is 0 Å². The fraction of sp³-hybridized carbons (Fsp3) is 0.412. The van der Waals surface area contributed by atoms with E-state index in [1.165, 1.54) is 0 Å². The lowest BCUT2D eigenvalue weighted by Crippen LogP contribution is -2.45. The van der Waals surface area contributed by atoms with Crippen molar-refractivity contribution in [1.82, 2.24) is 9.88 Å². The van der Waals surface area contributed by atoms with Crippen LogP contribution in [0, 0.1) is 5.92 Å². The average molecular weight is 299 g/mol. The van der Waals surface area contributed by atoms with Crippen molar-refractivity contribution in [2.24, 2.45) is 10.9 Å². The van der Waals surface area contributed by atoms with E-state index in [0.717, 1.165) is 25.9 Å². The summed E-state index contributed by atoms with van der Waals surface area (Å²) in [6.07, 6.45) is 4.97. The maximum absolute atomic E-state index is 11.6. The van der Waals surface area contributed by atoms with Gasteiger partial charge in [-0.3, -0.25) is 4.99 Å². The molecule has 22 heavy (non-hydrogen) atoms. The molecular weight excluding hydrogens is 278 g/mol. The lowest BCUT2D eigenvalue weighted by Gasteiger charge is -2.43. The van der Waals surface area contributed by atoms with Crippen LogP contribution >= 0.6 is 0 Å². The van der Waals surface area contributed by atoms with Crippen molar-refractivity contribution in [3.05, 3.63) is 48.0 Å². The fourth-order valence-corrected chi connectivity index (χ4v) is 3.41. The normalized spacial score (nSPS) is 26.3. The molecule has 1 saturated heterocycles. The predicted molar refractivity (Wildman–Crippen MR) is 85.8 cm³/mol. The first kappa shape index (κ1) is 14.9. The third-order valence-corrected chi connectivity index (χ3v) is 4.64. The van der Waals surface area contributed by atoms with Gasteiger partial charge in [0.05, 0.1) is 5.56 Å². The highest BCUT2D eigenvalue weighted by atomic mass is 16.5. The second-order valence-electron chi connectivity index (χ2n) is 5.88. The molecule has 3 heterocycles. The minimum atomic E-state index is -1.23. The molecule has 0 aliphatic carbocycles. The highest BCUT2D eigenvalue weighted by molar-refractivity contribution is 5.49. The number of aliphatic imine (C=N–C) groups is 1. The number of pyridine rings is 1. The molecule has 3 rings (SSSR count). The number of ether oxygens (including phenoxy) is 1. The Morgan fingerprint density at radius 1 is 1.50 bits per heavy atom. The van der Waals surface area contributed by atoms with Gasteiger partial charge < -0.3 is 14.7 Å².